The van der Waals surface area contributed by atoms with Crippen LogP contribution in [0.1, 0.15) is 56.0 Å². The van der Waals surface area contributed by atoms with Crippen LogP contribution in [0.15, 0.2) is 11.0 Å². The van der Waals surface area contributed by atoms with Crippen LogP contribution in [0.3, 0.4) is 0 Å². The van der Waals surface area contributed by atoms with E-state index in [9.17, 15) is 4.79 Å². The van der Waals surface area contributed by atoms with Gasteiger partial charge in [-0.05, 0) is 51.4 Å². The molecule has 4 rings (SSSR count). The molecular formula is C19H28N4O3. The van der Waals surface area contributed by atoms with Crippen LogP contribution in [0.5, 0.6) is 0 Å². The van der Waals surface area contributed by atoms with Gasteiger partial charge in [0.25, 0.3) is 5.56 Å². The second-order valence-electron chi connectivity index (χ2n) is 7.70. The average Bonchev–Trinajstić information content (AvgIpc) is 3.10. The Balaban J connectivity index is 1.60. The third-order valence-electron chi connectivity index (χ3n) is 6.05. The number of methoxy groups -OCH3 is 1. The Morgan fingerprint density at radius 3 is 2.58 bits per heavy atom. The van der Waals surface area contributed by atoms with Crippen LogP contribution >= 0.6 is 0 Å². The largest absolute Gasteiger partial charge is 0.381 e. The van der Waals surface area contributed by atoms with Crippen molar-refractivity contribution in [1.29, 1.82) is 0 Å². The molecule has 3 heterocycles. The summed E-state index contributed by atoms with van der Waals surface area (Å²) in [4.78, 5) is 13.0. The second kappa shape index (κ2) is 7.48. The monoisotopic (exact) mass is 360 g/mol. The molecule has 1 saturated carbocycles. The molecule has 26 heavy (non-hydrogen) atoms. The Hall–Kier alpha value is -1.73. The Bertz CT molecular complexity index is 814. The molecule has 0 spiro atoms. The topological polar surface area (TPSA) is 70.7 Å². The van der Waals surface area contributed by atoms with Crippen LogP contribution < -0.4 is 5.56 Å². The number of hydrogen-bond acceptors (Lipinski definition) is 5. The lowest BCUT2D eigenvalue weighted by Gasteiger charge is -2.28. The number of fused-ring (bicyclic) bond motifs is 1. The fourth-order valence-corrected chi connectivity index (χ4v) is 4.38. The van der Waals surface area contributed by atoms with Crippen molar-refractivity contribution in [3.63, 3.8) is 0 Å². The van der Waals surface area contributed by atoms with E-state index < -0.39 is 0 Å². The van der Waals surface area contributed by atoms with E-state index in [2.05, 4.69) is 10.2 Å². The molecule has 0 atom stereocenters. The molecular weight excluding hydrogens is 332 g/mol. The van der Waals surface area contributed by atoms with E-state index in [0.717, 1.165) is 69.8 Å². The van der Waals surface area contributed by atoms with Crippen molar-refractivity contribution in [2.45, 2.75) is 64.0 Å². The Labute approximate surface area is 153 Å². The molecule has 0 N–H and O–H groups in total. The number of aryl methyl sites for hydroxylation is 1. The van der Waals surface area contributed by atoms with Crippen molar-refractivity contribution in [3.05, 3.63) is 28.1 Å². The van der Waals surface area contributed by atoms with Crippen LogP contribution in [0.4, 0.5) is 0 Å². The van der Waals surface area contributed by atoms with Crippen LogP contribution in [-0.2, 0) is 16.0 Å². The number of hydrogen-bond donors (Lipinski definition) is 0. The van der Waals surface area contributed by atoms with Gasteiger partial charge >= 0.3 is 0 Å². The third kappa shape index (κ3) is 3.30. The first-order valence-corrected chi connectivity index (χ1v) is 9.73. The van der Waals surface area contributed by atoms with Gasteiger partial charge in [0.15, 0.2) is 0 Å². The smallest absolute Gasteiger partial charge is 0.296 e. The Morgan fingerprint density at radius 1 is 1.15 bits per heavy atom. The van der Waals surface area contributed by atoms with Gasteiger partial charge in [-0.3, -0.25) is 9.20 Å². The van der Waals surface area contributed by atoms with Crippen molar-refractivity contribution in [1.82, 2.24) is 19.2 Å². The first kappa shape index (κ1) is 17.7. The van der Waals surface area contributed by atoms with Gasteiger partial charge in [0.1, 0.15) is 5.82 Å². The van der Waals surface area contributed by atoms with Crippen molar-refractivity contribution in [3.8, 4) is 0 Å². The maximum atomic E-state index is 13.0. The highest BCUT2D eigenvalue weighted by atomic mass is 16.5. The predicted octanol–water partition coefficient (Wildman–Crippen LogP) is 2.30. The van der Waals surface area contributed by atoms with Gasteiger partial charge in [0.2, 0.25) is 5.65 Å². The minimum atomic E-state index is -0.0234. The number of rotatable bonds is 4. The van der Waals surface area contributed by atoms with Crippen LogP contribution in [-0.4, -0.2) is 45.6 Å². The molecule has 2 aromatic heterocycles. The maximum Gasteiger partial charge on any atom is 0.296 e. The summed E-state index contributed by atoms with van der Waals surface area (Å²) in [5, 5.41) is 8.59. The quantitative estimate of drug-likeness (QED) is 0.837. The predicted molar refractivity (Wildman–Crippen MR) is 97.5 cm³/mol. The Morgan fingerprint density at radius 2 is 1.88 bits per heavy atom. The lowest BCUT2D eigenvalue weighted by Crippen LogP contribution is -2.30. The second-order valence-corrected chi connectivity index (χ2v) is 7.70. The molecule has 1 aliphatic carbocycles. The van der Waals surface area contributed by atoms with E-state index >= 15 is 0 Å². The zero-order valence-electron chi connectivity index (χ0n) is 15.7. The summed E-state index contributed by atoms with van der Waals surface area (Å²) in [6, 6.07) is 0. The van der Waals surface area contributed by atoms with Gasteiger partial charge in [0.05, 0.1) is 6.10 Å². The van der Waals surface area contributed by atoms with E-state index in [-0.39, 0.29) is 5.56 Å². The minimum Gasteiger partial charge on any atom is -0.381 e. The molecule has 7 nitrogen and oxygen atoms in total. The minimum absolute atomic E-state index is 0.0234. The summed E-state index contributed by atoms with van der Waals surface area (Å²) in [6.07, 6.45) is 8.65. The summed E-state index contributed by atoms with van der Waals surface area (Å²) < 4.78 is 14.7. The van der Waals surface area contributed by atoms with E-state index in [1.54, 1.807) is 7.11 Å². The van der Waals surface area contributed by atoms with Crippen molar-refractivity contribution < 1.29 is 9.47 Å². The molecule has 2 aliphatic rings. The van der Waals surface area contributed by atoms with Crippen molar-refractivity contribution >= 4 is 5.65 Å². The first-order valence-electron chi connectivity index (χ1n) is 9.73. The highest BCUT2D eigenvalue weighted by molar-refractivity contribution is 5.36. The molecule has 0 unspecified atom stereocenters. The van der Waals surface area contributed by atoms with Gasteiger partial charge in [-0.2, -0.15) is 0 Å². The van der Waals surface area contributed by atoms with Crippen LogP contribution in [0.2, 0.25) is 0 Å². The molecule has 2 aromatic rings. The molecule has 0 radical (unpaired) electrons. The molecule has 0 bridgehead atoms. The van der Waals surface area contributed by atoms with E-state index in [1.807, 2.05) is 22.1 Å². The number of ether oxygens (including phenoxy) is 2. The summed E-state index contributed by atoms with van der Waals surface area (Å²) >= 11 is 0. The van der Waals surface area contributed by atoms with Crippen LogP contribution in [0, 0.1) is 12.8 Å². The van der Waals surface area contributed by atoms with E-state index in [0.29, 0.717) is 23.6 Å². The molecule has 1 saturated heterocycles. The summed E-state index contributed by atoms with van der Waals surface area (Å²) in [5.74, 6) is 1.74. The van der Waals surface area contributed by atoms with Crippen molar-refractivity contribution in [2.24, 2.45) is 5.92 Å². The van der Waals surface area contributed by atoms with Gasteiger partial charge in [-0.15, -0.1) is 10.2 Å². The highest BCUT2D eigenvalue weighted by Crippen LogP contribution is 2.28. The molecule has 7 heteroatoms. The fraction of sp³-hybridized carbons (Fsp3) is 0.737. The zero-order valence-corrected chi connectivity index (χ0v) is 15.7. The third-order valence-corrected chi connectivity index (χ3v) is 6.05. The summed E-state index contributed by atoms with van der Waals surface area (Å²) in [6.45, 7) is 4.27. The molecule has 1 aliphatic heterocycles. The fourth-order valence-electron chi connectivity index (χ4n) is 4.38. The summed E-state index contributed by atoms with van der Waals surface area (Å²) in [5.41, 5.74) is 1.40. The van der Waals surface area contributed by atoms with Gasteiger partial charge < -0.3 is 14.0 Å². The SMILES string of the molecule is CO[C@H]1CC[C@@H](Cn2c(C)cn3c(C4CCOCC4)nnc3c2=O)CC1. The van der Waals surface area contributed by atoms with E-state index in [4.69, 9.17) is 9.47 Å². The highest BCUT2D eigenvalue weighted by Gasteiger charge is 2.25. The number of nitrogens with zero attached hydrogens (tertiary/aromatic N) is 4. The average molecular weight is 360 g/mol. The standard InChI is InChI=1S/C19H28N4O3/c1-13-11-23-17(15-7-9-26-10-8-15)20-21-18(23)19(24)22(13)12-14-3-5-16(25-2)6-4-14/h11,14-16H,3-10,12H2,1-2H3/t14-,16+. The van der Waals surface area contributed by atoms with Gasteiger partial charge in [-0.1, -0.05) is 0 Å². The van der Waals surface area contributed by atoms with Gasteiger partial charge in [0, 0.05) is 44.7 Å². The lowest BCUT2D eigenvalue weighted by molar-refractivity contribution is 0.0540. The Kier molecular flexibility index (Phi) is 5.09. The molecule has 142 valence electrons. The molecule has 2 fully saturated rings. The van der Waals surface area contributed by atoms with E-state index in [1.165, 1.54) is 0 Å². The zero-order chi connectivity index (χ0) is 18.1. The first-order chi connectivity index (χ1) is 12.7. The maximum absolute atomic E-state index is 13.0. The molecule has 0 amide bonds. The molecule has 0 aromatic carbocycles. The van der Waals surface area contributed by atoms with Crippen molar-refractivity contribution in [2.75, 3.05) is 20.3 Å². The summed E-state index contributed by atoms with van der Waals surface area (Å²) in [7, 11) is 1.79. The normalized spacial score (nSPS) is 25.0. The lowest BCUT2D eigenvalue weighted by atomic mass is 9.87. The van der Waals surface area contributed by atoms with Crippen LogP contribution in [0.25, 0.3) is 5.65 Å². The van der Waals surface area contributed by atoms with Gasteiger partial charge in [-0.25, -0.2) is 0 Å². The number of aromatic nitrogens is 4.